The van der Waals surface area contributed by atoms with Crippen LogP contribution in [0, 0.1) is 0 Å². The smallest absolute Gasteiger partial charge is 0.249 e. The highest BCUT2D eigenvalue weighted by atomic mass is 16.3. The van der Waals surface area contributed by atoms with Crippen LogP contribution < -0.4 is 5.32 Å². The molecular weight excluding hydrogens is 839 g/mol. The first-order chi connectivity index (χ1) is 33.5. The number of hydrogen-bond acceptors (Lipinski definition) is 5. The third-order valence-corrected chi connectivity index (χ3v) is 14.0. The van der Waals surface area contributed by atoms with Crippen molar-refractivity contribution in [1.29, 1.82) is 0 Å². The summed E-state index contributed by atoms with van der Waals surface area (Å²) in [5, 5.41) is 43.8. The van der Waals surface area contributed by atoms with Crippen LogP contribution >= 0.6 is 0 Å². The maximum absolute atomic E-state index is 12.6. The Morgan fingerprint density at radius 3 is 1.01 bits per heavy atom. The zero-order valence-electron chi connectivity index (χ0n) is 45.4. The van der Waals surface area contributed by atoms with E-state index in [9.17, 15) is 25.2 Å². The topological polar surface area (TPSA) is 110 Å². The molecule has 4 atom stereocenters. The quantitative estimate of drug-likeness (QED) is 0.0308. The molecule has 0 aliphatic rings. The van der Waals surface area contributed by atoms with Gasteiger partial charge in [0.15, 0.2) is 0 Å². The van der Waals surface area contributed by atoms with Gasteiger partial charge in [-0.1, -0.05) is 274 Å². The summed E-state index contributed by atoms with van der Waals surface area (Å²) in [5.74, 6) is -0.596. The molecule has 1 amide bonds. The number of hydrogen-bond donors (Lipinski definition) is 5. The van der Waals surface area contributed by atoms with Crippen molar-refractivity contribution in [2.24, 2.45) is 0 Å². The second kappa shape index (κ2) is 56.2. The lowest BCUT2D eigenvalue weighted by atomic mass is 10.00. The van der Waals surface area contributed by atoms with Gasteiger partial charge in [0.05, 0.1) is 18.8 Å². The van der Waals surface area contributed by atoms with Crippen LogP contribution in [0.5, 0.6) is 0 Å². The highest BCUT2D eigenvalue weighted by Crippen LogP contribution is 2.17. The minimum Gasteiger partial charge on any atom is -0.394 e. The Morgan fingerprint density at radius 1 is 0.368 bits per heavy atom. The van der Waals surface area contributed by atoms with E-state index in [0.717, 1.165) is 44.9 Å². The summed E-state index contributed by atoms with van der Waals surface area (Å²) in [5.41, 5.74) is 0. The van der Waals surface area contributed by atoms with Gasteiger partial charge in [0, 0.05) is 0 Å². The minimum absolute atomic E-state index is 0.360. The van der Waals surface area contributed by atoms with Crippen molar-refractivity contribution in [3.63, 3.8) is 0 Å². The summed E-state index contributed by atoms with van der Waals surface area (Å²) in [4.78, 5) is 12.6. The average molecular weight is 957 g/mol. The van der Waals surface area contributed by atoms with Crippen LogP contribution in [0.15, 0.2) is 48.6 Å². The van der Waals surface area contributed by atoms with Gasteiger partial charge in [0.1, 0.15) is 12.2 Å². The van der Waals surface area contributed by atoms with E-state index in [4.69, 9.17) is 0 Å². The fourth-order valence-electron chi connectivity index (χ4n) is 9.28. The molecule has 0 radical (unpaired) electrons. The molecule has 0 saturated heterocycles. The standard InChI is InChI=1S/C62H117NO5/c1-3-5-7-9-11-13-15-17-19-20-21-22-23-24-25-26-27-28-29-30-31-32-33-34-35-36-37-38-39-40-41-42-44-46-48-50-52-54-56-60(66)62(68)63-58(57-64)61(67)59(65)55-53-51-49-47-45-43-18-16-14-12-10-8-6-4-2/h16,18,27-28,30-31,47,49,58-61,64-67H,3-15,17,19-26,29,32-46,48,50-57H2,1-2H3,(H,63,68)/b18-16+,28-27-,31-30-,49-47+. The molecule has 68 heavy (non-hydrogen) atoms. The number of aliphatic hydroxyl groups is 4. The van der Waals surface area contributed by atoms with E-state index in [-0.39, 0.29) is 0 Å². The van der Waals surface area contributed by atoms with E-state index in [0.29, 0.717) is 19.3 Å². The van der Waals surface area contributed by atoms with Crippen LogP contribution in [0.3, 0.4) is 0 Å². The van der Waals surface area contributed by atoms with Crippen molar-refractivity contribution in [2.75, 3.05) is 6.61 Å². The van der Waals surface area contributed by atoms with E-state index < -0.39 is 36.9 Å². The maximum Gasteiger partial charge on any atom is 0.249 e. The highest BCUT2D eigenvalue weighted by molar-refractivity contribution is 5.80. The number of aliphatic hydroxyl groups excluding tert-OH is 4. The number of carbonyl (C=O) groups excluding carboxylic acids is 1. The van der Waals surface area contributed by atoms with Crippen molar-refractivity contribution in [3.8, 4) is 0 Å². The maximum atomic E-state index is 12.6. The Kier molecular flexibility index (Phi) is 54.8. The van der Waals surface area contributed by atoms with E-state index in [1.54, 1.807) is 0 Å². The van der Waals surface area contributed by atoms with Gasteiger partial charge >= 0.3 is 0 Å². The van der Waals surface area contributed by atoms with Crippen molar-refractivity contribution >= 4 is 5.91 Å². The molecular formula is C62H117NO5. The fraction of sp³-hybridized carbons (Fsp3) is 0.855. The van der Waals surface area contributed by atoms with E-state index in [2.05, 4.69) is 67.8 Å². The fourth-order valence-corrected chi connectivity index (χ4v) is 9.28. The lowest BCUT2D eigenvalue weighted by Gasteiger charge is -2.27. The molecule has 5 N–H and O–H groups in total. The second-order valence-corrected chi connectivity index (χ2v) is 20.7. The molecule has 0 aromatic rings. The predicted octanol–water partition coefficient (Wildman–Crippen LogP) is 17.8. The van der Waals surface area contributed by atoms with E-state index in [1.807, 2.05) is 0 Å². The van der Waals surface area contributed by atoms with Crippen molar-refractivity contribution in [1.82, 2.24) is 5.32 Å². The van der Waals surface area contributed by atoms with Gasteiger partial charge < -0.3 is 25.7 Å². The van der Waals surface area contributed by atoms with Gasteiger partial charge in [-0.05, 0) is 83.5 Å². The van der Waals surface area contributed by atoms with Gasteiger partial charge in [-0.3, -0.25) is 4.79 Å². The monoisotopic (exact) mass is 956 g/mol. The number of amides is 1. The summed E-state index contributed by atoms with van der Waals surface area (Å²) in [6.45, 7) is 4.04. The molecule has 400 valence electrons. The molecule has 0 saturated carbocycles. The molecule has 6 nitrogen and oxygen atoms in total. The third kappa shape index (κ3) is 49.3. The van der Waals surface area contributed by atoms with Gasteiger partial charge in [-0.25, -0.2) is 0 Å². The Balaban J connectivity index is 3.56. The molecule has 4 unspecified atom stereocenters. The Morgan fingerprint density at radius 2 is 0.662 bits per heavy atom. The van der Waals surface area contributed by atoms with Crippen LogP contribution in [-0.4, -0.2) is 57.3 Å². The first-order valence-corrected chi connectivity index (χ1v) is 30.0. The van der Waals surface area contributed by atoms with Crippen molar-refractivity contribution in [3.05, 3.63) is 48.6 Å². The molecule has 6 heteroatoms. The van der Waals surface area contributed by atoms with Crippen LogP contribution in [0.4, 0.5) is 0 Å². The number of rotatable bonds is 55. The predicted molar refractivity (Wildman–Crippen MR) is 297 cm³/mol. The number of nitrogens with one attached hydrogen (secondary N) is 1. The summed E-state index contributed by atoms with van der Waals surface area (Å²) in [6.07, 6.45) is 72.2. The van der Waals surface area contributed by atoms with Crippen LogP contribution in [0.2, 0.25) is 0 Å². The first kappa shape index (κ1) is 66.3. The Hall–Kier alpha value is -1.73. The zero-order chi connectivity index (χ0) is 49.5. The molecule has 0 fully saturated rings. The third-order valence-electron chi connectivity index (χ3n) is 14.0. The van der Waals surface area contributed by atoms with Crippen LogP contribution in [0.25, 0.3) is 0 Å². The number of allylic oxidation sites excluding steroid dienone is 8. The molecule has 0 aliphatic heterocycles. The normalized spacial score (nSPS) is 14.0. The summed E-state index contributed by atoms with van der Waals surface area (Å²) >= 11 is 0. The number of carbonyl (C=O) groups is 1. The van der Waals surface area contributed by atoms with Crippen LogP contribution in [0.1, 0.15) is 309 Å². The van der Waals surface area contributed by atoms with E-state index in [1.165, 1.54) is 231 Å². The molecule has 0 aliphatic carbocycles. The summed E-state index contributed by atoms with van der Waals surface area (Å²) < 4.78 is 0. The largest absolute Gasteiger partial charge is 0.394 e. The average Bonchev–Trinajstić information content (AvgIpc) is 3.34. The Labute approximate surface area is 423 Å². The molecule has 0 rings (SSSR count). The summed E-state index contributed by atoms with van der Waals surface area (Å²) in [7, 11) is 0. The first-order valence-electron chi connectivity index (χ1n) is 30.0. The molecule has 0 aromatic carbocycles. The van der Waals surface area contributed by atoms with Gasteiger partial charge in [0.25, 0.3) is 0 Å². The molecule has 0 heterocycles. The van der Waals surface area contributed by atoms with Crippen LogP contribution in [-0.2, 0) is 4.79 Å². The number of unbranched alkanes of at least 4 members (excludes halogenated alkanes) is 38. The van der Waals surface area contributed by atoms with Crippen molar-refractivity contribution in [2.45, 2.75) is 334 Å². The lowest BCUT2D eigenvalue weighted by molar-refractivity contribution is -0.132. The summed E-state index contributed by atoms with van der Waals surface area (Å²) in [6, 6.07) is -1.01. The van der Waals surface area contributed by atoms with Gasteiger partial charge in [-0.2, -0.15) is 0 Å². The Bertz CT molecular complexity index is 1120. The van der Waals surface area contributed by atoms with Crippen molar-refractivity contribution < 1.29 is 25.2 Å². The van der Waals surface area contributed by atoms with E-state index >= 15 is 0 Å². The van der Waals surface area contributed by atoms with Gasteiger partial charge in [-0.15, -0.1) is 0 Å². The molecule has 0 aromatic heterocycles. The highest BCUT2D eigenvalue weighted by Gasteiger charge is 2.28. The SMILES string of the molecule is CCCCCCC/C=C/CC/C=C/CCCC(O)C(O)C(CO)NC(=O)C(O)CCCCCCCCCCCCCCCCCC/C=C\C/C=C\CCCCCCCCCCCCCCCCC. The minimum atomic E-state index is -1.29. The van der Waals surface area contributed by atoms with Gasteiger partial charge in [0.2, 0.25) is 5.91 Å². The molecule has 0 bridgehead atoms. The zero-order valence-corrected chi connectivity index (χ0v) is 45.4. The molecule has 0 spiro atoms. The second-order valence-electron chi connectivity index (χ2n) is 20.7. The lowest BCUT2D eigenvalue weighted by Crippen LogP contribution is -2.53.